The first-order valence-corrected chi connectivity index (χ1v) is 11.3. The summed E-state index contributed by atoms with van der Waals surface area (Å²) in [6.45, 7) is 0.742. The Morgan fingerprint density at radius 3 is 2.61 bits per heavy atom. The third-order valence-electron chi connectivity index (χ3n) is 4.99. The van der Waals surface area contributed by atoms with E-state index in [1.807, 2.05) is 48.5 Å². The zero-order valence-electron chi connectivity index (χ0n) is 18.0. The second-order valence-corrected chi connectivity index (χ2v) is 8.23. The van der Waals surface area contributed by atoms with Gasteiger partial charge in [0, 0.05) is 23.5 Å². The SMILES string of the molecule is COc1cccc(-c2nc(SCc3cccc(NCc4ccccc4)c3)[nH]c(=O)c2C#N)c1. The fraction of sp³-hybridized carbons (Fsp3) is 0.115. The first kappa shape index (κ1) is 22.2. The van der Waals surface area contributed by atoms with Crippen molar-refractivity contribution in [3.8, 4) is 23.1 Å². The number of thioether (sulfide) groups is 1. The number of ether oxygens (including phenoxy) is 1. The second kappa shape index (κ2) is 10.5. The van der Waals surface area contributed by atoms with Crippen molar-refractivity contribution in [1.29, 1.82) is 5.26 Å². The van der Waals surface area contributed by atoms with E-state index in [0.717, 1.165) is 17.8 Å². The standard InChI is InChI=1S/C26H22N4O2S/c1-32-22-12-6-10-20(14-22)24-23(15-27)25(31)30-26(29-24)33-17-19-9-5-11-21(13-19)28-16-18-7-3-2-4-8-18/h2-14,28H,16-17H2,1H3,(H,29,30,31). The monoisotopic (exact) mass is 454 g/mol. The van der Waals surface area contributed by atoms with E-state index in [0.29, 0.717) is 27.9 Å². The highest BCUT2D eigenvalue weighted by Crippen LogP contribution is 2.27. The maximum Gasteiger partial charge on any atom is 0.270 e. The number of aromatic nitrogens is 2. The quantitative estimate of drug-likeness (QED) is 0.280. The van der Waals surface area contributed by atoms with E-state index in [4.69, 9.17) is 4.74 Å². The van der Waals surface area contributed by atoms with Crippen molar-refractivity contribution in [2.24, 2.45) is 0 Å². The maximum atomic E-state index is 12.5. The molecule has 0 amide bonds. The Bertz CT molecular complexity index is 1350. The fourth-order valence-corrected chi connectivity index (χ4v) is 4.13. The molecule has 0 bridgehead atoms. The van der Waals surface area contributed by atoms with E-state index in [9.17, 15) is 10.1 Å². The molecular formula is C26H22N4O2S. The van der Waals surface area contributed by atoms with Crippen molar-refractivity contribution in [3.05, 3.63) is 106 Å². The number of nitriles is 1. The Labute approximate surface area is 196 Å². The highest BCUT2D eigenvalue weighted by atomic mass is 32.2. The molecule has 1 aromatic heterocycles. The summed E-state index contributed by atoms with van der Waals surface area (Å²) in [4.78, 5) is 19.8. The Morgan fingerprint density at radius 2 is 1.82 bits per heavy atom. The minimum absolute atomic E-state index is 0.0142. The van der Waals surface area contributed by atoms with E-state index in [2.05, 4.69) is 33.5 Å². The minimum atomic E-state index is -0.453. The van der Waals surface area contributed by atoms with E-state index in [1.54, 1.807) is 25.3 Å². The summed E-state index contributed by atoms with van der Waals surface area (Å²) >= 11 is 1.41. The highest BCUT2D eigenvalue weighted by molar-refractivity contribution is 7.98. The molecule has 3 aromatic carbocycles. The molecule has 0 spiro atoms. The largest absolute Gasteiger partial charge is 0.497 e. The molecule has 6 nitrogen and oxygen atoms in total. The number of hydrogen-bond acceptors (Lipinski definition) is 6. The molecule has 0 radical (unpaired) electrons. The summed E-state index contributed by atoms with van der Waals surface area (Å²) in [5.74, 6) is 1.25. The molecule has 4 aromatic rings. The average Bonchev–Trinajstić information content (AvgIpc) is 2.87. The molecular weight excluding hydrogens is 432 g/mol. The van der Waals surface area contributed by atoms with E-state index in [1.165, 1.54) is 17.3 Å². The Kier molecular flexibility index (Phi) is 7.08. The van der Waals surface area contributed by atoms with Crippen LogP contribution in [0.3, 0.4) is 0 Å². The number of anilines is 1. The molecule has 0 saturated carbocycles. The molecule has 164 valence electrons. The van der Waals surface area contributed by atoms with Crippen molar-refractivity contribution in [2.75, 3.05) is 12.4 Å². The average molecular weight is 455 g/mol. The second-order valence-electron chi connectivity index (χ2n) is 7.27. The number of aromatic amines is 1. The van der Waals surface area contributed by atoms with Crippen molar-refractivity contribution in [2.45, 2.75) is 17.5 Å². The lowest BCUT2D eigenvalue weighted by Crippen LogP contribution is -2.14. The van der Waals surface area contributed by atoms with Crippen LogP contribution in [0.5, 0.6) is 5.75 Å². The Morgan fingerprint density at radius 1 is 1.03 bits per heavy atom. The van der Waals surface area contributed by atoms with Crippen molar-refractivity contribution < 1.29 is 4.74 Å². The number of nitrogens with one attached hydrogen (secondary N) is 2. The molecule has 7 heteroatoms. The van der Waals surface area contributed by atoms with Crippen LogP contribution in [0.25, 0.3) is 11.3 Å². The van der Waals surface area contributed by atoms with Crippen LogP contribution >= 0.6 is 11.8 Å². The summed E-state index contributed by atoms with van der Waals surface area (Å²) in [6, 6.07) is 27.5. The van der Waals surface area contributed by atoms with Gasteiger partial charge in [-0.25, -0.2) is 4.98 Å². The van der Waals surface area contributed by atoms with Gasteiger partial charge in [0.15, 0.2) is 5.16 Å². The summed E-state index contributed by atoms with van der Waals surface area (Å²) < 4.78 is 5.27. The van der Waals surface area contributed by atoms with Crippen LogP contribution in [0.2, 0.25) is 0 Å². The van der Waals surface area contributed by atoms with Crippen LogP contribution in [0.4, 0.5) is 5.69 Å². The summed E-state index contributed by atoms with van der Waals surface area (Å²) in [5, 5.41) is 13.4. The number of hydrogen-bond donors (Lipinski definition) is 2. The molecule has 2 N–H and O–H groups in total. The van der Waals surface area contributed by atoms with Crippen LogP contribution in [0, 0.1) is 11.3 Å². The lowest BCUT2D eigenvalue weighted by molar-refractivity contribution is 0.415. The number of rotatable bonds is 8. The topological polar surface area (TPSA) is 90.8 Å². The van der Waals surface area contributed by atoms with Crippen molar-refractivity contribution in [1.82, 2.24) is 9.97 Å². The van der Waals surface area contributed by atoms with Gasteiger partial charge in [-0.1, -0.05) is 66.4 Å². The molecule has 0 aliphatic rings. The first-order chi connectivity index (χ1) is 16.2. The van der Waals surface area contributed by atoms with Crippen LogP contribution in [0.15, 0.2) is 88.8 Å². The third kappa shape index (κ3) is 5.62. The molecule has 0 saturated heterocycles. The first-order valence-electron chi connectivity index (χ1n) is 10.3. The van der Waals surface area contributed by atoms with Gasteiger partial charge in [0.2, 0.25) is 0 Å². The summed E-state index contributed by atoms with van der Waals surface area (Å²) in [6.07, 6.45) is 0. The molecule has 1 heterocycles. The smallest absolute Gasteiger partial charge is 0.270 e. The Balaban J connectivity index is 1.51. The van der Waals surface area contributed by atoms with Crippen LogP contribution in [0.1, 0.15) is 16.7 Å². The van der Waals surface area contributed by atoms with Crippen molar-refractivity contribution in [3.63, 3.8) is 0 Å². The number of H-pyrrole nitrogens is 1. The van der Waals surface area contributed by atoms with Crippen molar-refractivity contribution >= 4 is 17.4 Å². The predicted octanol–water partition coefficient (Wildman–Crippen LogP) is 5.22. The van der Waals surface area contributed by atoms with Gasteiger partial charge in [-0.3, -0.25) is 4.79 Å². The predicted molar refractivity (Wildman–Crippen MR) is 131 cm³/mol. The van der Waals surface area contributed by atoms with Gasteiger partial charge in [-0.05, 0) is 35.4 Å². The molecule has 0 aliphatic heterocycles. The van der Waals surface area contributed by atoms with Gasteiger partial charge in [0.25, 0.3) is 5.56 Å². The summed E-state index contributed by atoms with van der Waals surface area (Å²) in [5.41, 5.74) is 3.86. The van der Waals surface area contributed by atoms with Gasteiger partial charge >= 0.3 is 0 Å². The van der Waals surface area contributed by atoms with Crippen LogP contribution in [-0.2, 0) is 12.3 Å². The molecule has 0 fully saturated rings. The molecule has 4 rings (SSSR count). The molecule has 0 aliphatic carbocycles. The zero-order valence-corrected chi connectivity index (χ0v) is 18.9. The third-order valence-corrected chi connectivity index (χ3v) is 5.94. The number of benzene rings is 3. The molecule has 33 heavy (non-hydrogen) atoms. The minimum Gasteiger partial charge on any atom is -0.497 e. The van der Waals surface area contributed by atoms with E-state index < -0.39 is 5.56 Å². The van der Waals surface area contributed by atoms with Gasteiger partial charge in [-0.2, -0.15) is 5.26 Å². The molecule has 0 atom stereocenters. The number of nitrogens with zero attached hydrogens (tertiary/aromatic N) is 2. The number of methoxy groups -OCH3 is 1. The van der Waals surface area contributed by atoms with E-state index in [-0.39, 0.29) is 5.56 Å². The van der Waals surface area contributed by atoms with Crippen LogP contribution < -0.4 is 15.6 Å². The normalized spacial score (nSPS) is 10.4. The zero-order chi connectivity index (χ0) is 23.0. The van der Waals surface area contributed by atoms with Gasteiger partial charge in [-0.15, -0.1) is 0 Å². The lowest BCUT2D eigenvalue weighted by atomic mass is 10.1. The summed E-state index contributed by atoms with van der Waals surface area (Å²) in [7, 11) is 1.57. The van der Waals surface area contributed by atoms with Gasteiger partial charge in [0.05, 0.1) is 12.8 Å². The molecule has 0 unspecified atom stereocenters. The van der Waals surface area contributed by atoms with Gasteiger partial charge in [0.1, 0.15) is 17.4 Å². The van der Waals surface area contributed by atoms with Crippen LogP contribution in [-0.4, -0.2) is 17.1 Å². The van der Waals surface area contributed by atoms with Gasteiger partial charge < -0.3 is 15.0 Å². The fourth-order valence-electron chi connectivity index (χ4n) is 3.33. The van der Waals surface area contributed by atoms with E-state index >= 15 is 0 Å². The maximum absolute atomic E-state index is 12.5. The highest BCUT2D eigenvalue weighted by Gasteiger charge is 2.14. The Hall–Kier alpha value is -4.02. The lowest BCUT2D eigenvalue weighted by Gasteiger charge is -2.10.